The fourth-order valence-electron chi connectivity index (χ4n) is 1.80. The van der Waals surface area contributed by atoms with E-state index in [2.05, 4.69) is 0 Å². The van der Waals surface area contributed by atoms with Crippen LogP contribution in [-0.2, 0) is 9.47 Å². The topological polar surface area (TPSA) is 74.0 Å². The van der Waals surface area contributed by atoms with Gasteiger partial charge in [0.1, 0.15) is 18.6 Å². The van der Waals surface area contributed by atoms with E-state index in [1.165, 1.54) is 6.26 Å². The number of anilines is 1. The van der Waals surface area contributed by atoms with E-state index in [1.807, 2.05) is 0 Å². The number of carbonyl (C=O) groups is 1. The fraction of sp³-hybridized carbons (Fsp3) is 0.357. The summed E-state index contributed by atoms with van der Waals surface area (Å²) in [5.74, 6) is 1.01. The normalized spacial score (nSPS) is 16.5. The minimum atomic E-state index is -0.363. The molecule has 0 spiro atoms. The average molecular weight is 313 g/mol. The van der Waals surface area contributed by atoms with Crippen LogP contribution in [0.25, 0.3) is 0 Å². The molecule has 1 aromatic carbocycles. The molecule has 1 amide bonds. The Morgan fingerprint density at radius 3 is 3.10 bits per heavy atom. The van der Waals surface area contributed by atoms with Crippen LogP contribution in [0.1, 0.15) is 6.92 Å². The van der Waals surface area contributed by atoms with Crippen molar-refractivity contribution in [1.29, 1.82) is 0 Å². The van der Waals surface area contributed by atoms with Crippen LogP contribution >= 0.6 is 11.6 Å². The Hall–Kier alpha value is -2.08. The van der Waals surface area contributed by atoms with E-state index in [9.17, 15) is 4.79 Å². The summed E-state index contributed by atoms with van der Waals surface area (Å²) in [6, 6.07) is 4.95. The number of nitrogens with zero attached hydrogens (tertiary/aromatic N) is 1. The number of halogens is 1. The van der Waals surface area contributed by atoms with E-state index in [0.717, 1.165) is 0 Å². The molecular weight excluding hydrogens is 296 g/mol. The Morgan fingerprint density at radius 1 is 1.57 bits per heavy atom. The highest BCUT2D eigenvalue weighted by molar-refractivity contribution is 6.30. The van der Waals surface area contributed by atoms with Crippen LogP contribution in [0.2, 0.25) is 5.02 Å². The van der Waals surface area contributed by atoms with Gasteiger partial charge in [-0.25, -0.2) is 4.79 Å². The van der Waals surface area contributed by atoms with Crippen molar-refractivity contribution in [1.82, 2.24) is 4.90 Å². The van der Waals surface area contributed by atoms with Crippen molar-refractivity contribution in [3.63, 3.8) is 0 Å². The number of ether oxygens (including phenoxy) is 3. The van der Waals surface area contributed by atoms with Gasteiger partial charge in [-0.15, -0.1) is 0 Å². The molecule has 0 aliphatic carbocycles. The molecule has 114 valence electrons. The Balaban J connectivity index is 1.99. The zero-order valence-electron chi connectivity index (χ0n) is 11.7. The average Bonchev–Trinajstić information content (AvgIpc) is 2.47. The zero-order valence-corrected chi connectivity index (χ0v) is 12.4. The summed E-state index contributed by atoms with van der Waals surface area (Å²) in [6.07, 6.45) is 1.07. The number of nitrogen functional groups attached to an aromatic ring is 1. The van der Waals surface area contributed by atoms with E-state index in [0.29, 0.717) is 48.5 Å². The van der Waals surface area contributed by atoms with E-state index >= 15 is 0 Å². The highest BCUT2D eigenvalue weighted by atomic mass is 35.5. The Kier molecular flexibility index (Phi) is 5.16. The zero-order chi connectivity index (χ0) is 15.2. The van der Waals surface area contributed by atoms with Crippen LogP contribution in [0, 0.1) is 0 Å². The lowest BCUT2D eigenvalue weighted by Gasteiger charge is -2.27. The minimum Gasteiger partial charge on any atom is -0.491 e. The van der Waals surface area contributed by atoms with Gasteiger partial charge in [0.2, 0.25) is 0 Å². The lowest BCUT2D eigenvalue weighted by molar-refractivity contribution is 0.0616. The van der Waals surface area contributed by atoms with Crippen LogP contribution < -0.4 is 10.5 Å². The summed E-state index contributed by atoms with van der Waals surface area (Å²) in [5.41, 5.74) is 6.22. The molecule has 6 nitrogen and oxygen atoms in total. The van der Waals surface area contributed by atoms with Crippen LogP contribution in [-0.4, -0.2) is 37.3 Å². The van der Waals surface area contributed by atoms with E-state index < -0.39 is 0 Å². The largest absolute Gasteiger partial charge is 0.491 e. The van der Waals surface area contributed by atoms with Crippen LogP contribution in [0.4, 0.5) is 10.5 Å². The molecule has 1 saturated heterocycles. The highest BCUT2D eigenvalue weighted by Crippen LogP contribution is 2.25. The number of hydrogen-bond acceptors (Lipinski definition) is 5. The molecule has 21 heavy (non-hydrogen) atoms. The third-order valence-electron chi connectivity index (χ3n) is 2.81. The number of morpholine rings is 1. The van der Waals surface area contributed by atoms with Crippen molar-refractivity contribution in [3.8, 4) is 5.75 Å². The number of carbonyl (C=O) groups excluding carboxylic acids is 1. The molecule has 0 saturated carbocycles. The van der Waals surface area contributed by atoms with Crippen molar-refractivity contribution >= 4 is 23.4 Å². The number of nitrogens with two attached hydrogens (primary N) is 1. The lowest BCUT2D eigenvalue weighted by Crippen LogP contribution is -2.40. The fourth-order valence-corrected chi connectivity index (χ4v) is 1.98. The summed E-state index contributed by atoms with van der Waals surface area (Å²) in [7, 11) is 0. The SMILES string of the molecule is CCOC(=O)N1CCOC(=COc2ccc(Cl)cc2N)C1. The second kappa shape index (κ2) is 7.08. The van der Waals surface area contributed by atoms with Crippen molar-refractivity contribution in [3.05, 3.63) is 35.2 Å². The summed E-state index contributed by atoms with van der Waals surface area (Å²) >= 11 is 5.82. The quantitative estimate of drug-likeness (QED) is 0.686. The molecule has 7 heteroatoms. The maximum absolute atomic E-state index is 11.7. The second-order valence-electron chi connectivity index (χ2n) is 4.35. The van der Waals surface area contributed by atoms with Gasteiger partial charge in [0, 0.05) is 5.02 Å². The standard InChI is InChI=1S/C14H17ClN2O4/c1-2-19-14(18)17-5-6-20-11(8-17)9-21-13-4-3-10(15)7-12(13)16/h3-4,7,9H,2,5-6,8,16H2,1H3. The van der Waals surface area contributed by atoms with E-state index in [4.69, 9.17) is 31.5 Å². The minimum absolute atomic E-state index is 0.298. The molecule has 2 N–H and O–H groups in total. The third kappa shape index (κ3) is 4.19. The van der Waals surface area contributed by atoms with Gasteiger partial charge in [0.15, 0.2) is 5.76 Å². The van der Waals surface area contributed by atoms with Gasteiger partial charge in [-0.3, -0.25) is 4.90 Å². The first-order valence-corrected chi connectivity index (χ1v) is 6.93. The summed E-state index contributed by atoms with van der Waals surface area (Å²) in [4.78, 5) is 13.2. The summed E-state index contributed by atoms with van der Waals surface area (Å²) < 4.78 is 15.9. The Labute approximate surface area is 128 Å². The maximum Gasteiger partial charge on any atom is 0.410 e. The molecule has 0 unspecified atom stereocenters. The monoisotopic (exact) mass is 312 g/mol. The number of rotatable bonds is 3. The highest BCUT2D eigenvalue weighted by Gasteiger charge is 2.21. The molecule has 2 rings (SSSR count). The number of hydrogen-bond donors (Lipinski definition) is 1. The van der Waals surface area contributed by atoms with Crippen LogP contribution in [0.5, 0.6) is 5.75 Å². The predicted molar refractivity (Wildman–Crippen MR) is 79.1 cm³/mol. The molecule has 1 aromatic rings. The van der Waals surface area contributed by atoms with Crippen molar-refractivity contribution in [2.45, 2.75) is 6.92 Å². The third-order valence-corrected chi connectivity index (χ3v) is 3.05. The molecule has 0 aromatic heterocycles. The first kappa shape index (κ1) is 15.3. The maximum atomic E-state index is 11.7. The van der Waals surface area contributed by atoms with Crippen molar-refractivity contribution < 1.29 is 19.0 Å². The van der Waals surface area contributed by atoms with Crippen LogP contribution in [0.15, 0.2) is 30.2 Å². The van der Waals surface area contributed by atoms with Crippen LogP contribution in [0.3, 0.4) is 0 Å². The molecule has 1 fully saturated rings. The molecule has 0 radical (unpaired) electrons. The molecular formula is C14H17ClN2O4. The second-order valence-corrected chi connectivity index (χ2v) is 4.79. The van der Waals surface area contributed by atoms with Gasteiger partial charge in [-0.05, 0) is 25.1 Å². The molecule has 1 heterocycles. The Bertz CT molecular complexity index is 548. The van der Waals surface area contributed by atoms with Crippen molar-refractivity contribution in [2.24, 2.45) is 0 Å². The first-order chi connectivity index (χ1) is 10.1. The van der Waals surface area contributed by atoms with Crippen molar-refractivity contribution in [2.75, 3.05) is 32.0 Å². The van der Waals surface area contributed by atoms with Gasteiger partial charge >= 0.3 is 6.09 Å². The lowest BCUT2D eigenvalue weighted by atomic mass is 10.3. The summed E-state index contributed by atoms with van der Waals surface area (Å²) in [6.45, 7) is 3.28. The predicted octanol–water partition coefficient (Wildman–Crippen LogP) is 2.63. The molecule has 1 aliphatic heterocycles. The van der Waals surface area contributed by atoms with Gasteiger partial charge < -0.3 is 19.9 Å². The van der Waals surface area contributed by atoms with E-state index in [1.54, 1.807) is 30.0 Å². The summed E-state index contributed by atoms with van der Waals surface area (Å²) in [5, 5.41) is 0.537. The van der Waals surface area contributed by atoms with E-state index in [-0.39, 0.29) is 6.09 Å². The molecule has 0 bridgehead atoms. The molecule has 0 atom stereocenters. The number of amides is 1. The Morgan fingerprint density at radius 2 is 2.38 bits per heavy atom. The first-order valence-electron chi connectivity index (χ1n) is 6.55. The van der Waals surface area contributed by atoms with Gasteiger partial charge in [0.25, 0.3) is 0 Å². The smallest absolute Gasteiger partial charge is 0.410 e. The molecule has 1 aliphatic rings. The van der Waals surface area contributed by atoms with Gasteiger partial charge in [-0.2, -0.15) is 0 Å². The van der Waals surface area contributed by atoms with Gasteiger partial charge in [-0.1, -0.05) is 11.6 Å². The van der Waals surface area contributed by atoms with Gasteiger partial charge in [0.05, 0.1) is 25.4 Å². The number of benzene rings is 1.